The largest absolute Gasteiger partial charge is 0.399 e. The molecule has 6 heteroatoms. The van der Waals surface area contributed by atoms with Crippen LogP contribution in [0.3, 0.4) is 0 Å². The number of hydrogen-bond donors (Lipinski definition) is 1. The highest BCUT2D eigenvalue weighted by atomic mass is 32.2. The van der Waals surface area contributed by atoms with Crippen LogP contribution in [0.5, 0.6) is 0 Å². The molecule has 1 aromatic carbocycles. The molecule has 1 rings (SSSR count). The Morgan fingerprint density at radius 1 is 1.22 bits per heavy atom. The van der Waals surface area contributed by atoms with E-state index in [1.165, 1.54) is 16.4 Å². The van der Waals surface area contributed by atoms with Crippen LogP contribution in [-0.2, 0) is 10.0 Å². The van der Waals surface area contributed by atoms with Gasteiger partial charge in [0.1, 0.15) is 10.7 Å². The van der Waals surface area contributed by atoms with Gasteiger partial charge in [-0.05, 0) is 31.0 Å². The number of halogens is 1. The average Bonchev–Trinajstić information content (AvgIpc) is 2.32. The normalized spacial score (nSPS) is 12.0. The highest BCUT2D eigenvalue weighted by molar-refractivity contribution is 7.89. The van der Waals surface area contributed by atoms with E-state index in [4.69, 9.17) is 5.73 Å². The zero-order chi connectivity index (χ0) is 13.8. The second kappa shape index (κ2) is 6.15. The summed E-state index contributed by atoms with van der Waals surface area (Å²) in [6.07, 6.45) is 1.37. The second-order valence-electron chi connectivity index (χ2n) is 4.09. The molecule has 18 heavy (non-hydrogen) atoms. The zero-order valence-corrected chi connectivity index (χ0v) is 11.5. The summed E-state index contributed by atoms with van der Waals surface area (Å²) in [5.41, 5.74) is 5.76. The van der Waals surface area contributed by atoms with Gasteiger partial charge in [-0.3, -0.25) is 0 Å². The van der Waals surface area contributed by atoms with Crippen LogP contribution >= 0.6 is 0 Å². The Morgan fingerprint density at radius 3 is 2.28 bits per heavy atom. The molecular weight excluding hydrogens is 255 g/mol. The van der Waals surface area contributed by atoms with Gasteiger partial charge in [-0.15, -0.1) is 0 Å². The topological polar surface area (TPSA) is 63.4 Å². The first-order valence-electron chi connectivity index (χ1n) is 5.98. The van der Waals surface area contributed by atoms with Crippen molar-refractivity contribution in [3.63, 3.8) is 0 Å². The lowest BCUT2D eigenvalue weighted by molar-refractivity contribution is 0.406. The summed E-state index contributed by atoms with van der Waals surface area (Å²) in [7, 11) is -3.80. The van der Waals surface area contributed by atoms with E-state index in [0.717, 1.165) is 6.07 Å². The van der Waals surface area contributed by atoms with E-state index in [2.05, 4.69) is 0 Å². The molecule has 0 aliphatic carbocycles. The first-order chi connectivity index (χ1) is 8.43. The van der Waals surface area contributed by atoms with Crippen molar-refractivity contribution in [1.29, 1.82) is 0 Å². The van der Waals surface area contributed by atoms with Crippen molar-refractivity contribution in [2.24, 2.45) is 0 Å². The number of anilines is 1. The first kappa shape index (κ1) is 14.9. The third kappa shape index (κ3) is 3.20. The van der Waals surface area contributed by atoms with E-state index < -0.39 is 15.8 Å². The molecular formula is C12H19FN2O2S. The van der Waals surface area contributed by atoms with Crippen LogP contribution in [0, 0.1) is 5.82 Å². The van der Waals surface area contributed by atoms with Crippen LogP contribution in [0.2, 0.25) is 0 Å². The average molecular weight is 274 g/mol. The van der Waals surface area contributed by atoms with Crippen molar-refractivity contribution in [3.8, 4) is 0 Å². The molecule has 0 aliphatic rings. The van der Waals surface area contributed by atoms with Gasteiger partial charge in [0.05, 0.1) is 0 Å². The van der Waals surface area contributed by atoms with E-state index in [-0.39, 0.29) is 10.6 Å². The number of benzene rings is 1. The molecule has 0 bridgehead atoms. The van der Waals surface area contributed by atoms with Crippen molar-refractivity contribution >= 4 is 15.7 Å². The van der Waals surface area contributed by atoms with E-state index in [0.29, 0.717) is 25.9 Å². The van der Waals surface area contributed by atoms with E-state index >= 15 is 0 Å². The Labute approximate surface area is 108 Å². The second-order valence-corrected chi connectivity index (χ2v) is 6.00. The molecule has 2 N–H and O–H groups in total. The van der Waals surface area contributed by atoms with Crippen molar-refractivity contribution in [2.75, 3.05) is 18.8 Å². The van der Waals surface area contributed by atoms with Crippen LogP contribution in [0.1, 0.15) is 26.7 Å². The highest BCUT2D eigenvalue weighted by Crippen LogP contribution is 2.22. The maximum absolute atomic E-state index is 13.6. The minimum Gasteiger partial charge on any atom is -0.399 e. The number of nitrogen functional groups attached to an aromatic ring is 1. The molecule has 0 spiro atoms. The number of rotatable bonds is 6. The molecule has 0 saturated heterocycles. The fraction of sp³-hybridized carbons (Fsp3) is 0.500. The zero-order valence-electron chi connectivity index (χ0n) is 10.7. The predicted octanol–water partition coefficient (Wildman–Crippen LogP) is 2.22. The summed E-state index contributed by atoms with van der Waals surface area (Å²) in [6, 6.07) is 3.60. The summed E-state index contributed by atoms with van der Waals surface area (Å²) >= 11 is 0. The van der Waals surface area contributed by atoms with Gasteiger partial charge in [-0.25, -0.2) is 12.8 Å². The van der Waals surface area contributed by atoms with Crippen LogP contribution < -0.4 is 5.73 Å². The number of nitrogens with two attached hydrogens (primary N) is 1. The number of sulfonamides is 1. The van der Waals surface area contributed by atoms with Gasteiger partial charge in [-0.1, -0.05) is 13.8 Å². The van der Waals surface area contributed by atoms with E-state index in [1.54, 1.807) is 0 Å². The Hall–Kier alpha value is -1.14. The number of hydrogen-bond acceptors (Lipinski definition) is 3. The molecule has 0 aliphatic heterocycles. The van der Waals surface area contributed by atoms with Crippen molar-refractivity contribution < 1.29 is 12.8 Å². The van der Waals surface area contributed by atoms with Gasteiger partial charge in [-0.2, -0.15) is 4.31 Å². The van der Waals surface area contributed by atoms with Gasteiger partial charge in [0.25, 0.3) is 0 Å². The molecule has 0 radical (unpaired) electrons. The fourth-order valence-corrected chi connectivity index (χ4v) is 3.43. The van der Waals surface area contributed by atoms with Crippen molar-refractivity contribution in [3.05, 3.63) is 24.0 Å². The van der Waals surface area contributed by atoms with Gasteiger partial charge < -0.3 is 5.73 Å². The fourth-order valence-electron chi connectivity index (χ4n) is 1.71. The highest BCUT2D eigenvalue weighted by Gasteiger charge is 2.26. The number of nitrogens with zero attached hydrogens (tertiary/aromatic N) is 1. The minimum atomic E-state index is -3.80. The molecule has 4 nitrogen and oxygen atoms in total. The van der Waals surface area contributed by atoms with Crippen LogP contribution in [0.15, 0.2) is 23.1 Å². The van der Waals surface area contributed by atoms with E-state index in [1.807, 2.05) is 13.8 Å². The lowest BCUT2D eigenvalue weighted by atomic mass is 10.3. The first-order valence-corrected chi connectivity index (χ1v) is 7.42. The molecule has 0 amide bonds. The minimum absolute atomic E-state index is 0.239. The van der Waals surface area contributed by atoms with Crippen LogP contribution in [0.25, 0.3) is 0 Å². The summed E-state index contributed by atoms with van der Waals surface area (Å²) in [6.45, 7) is 4.52. The molecule has 0 saturated carbocycles. The predicted molar refractivity (Wildman–Crippen MR) is 70.2 cm³/mol. The summed E-state index contributed by atoms with van der Waals surface area (Å²) in [4.78, 5) is -0.343. The quantitative estimate of drug-likeness (QED) is 0.809. The lowest BCUT2D eigenvalue weighted by Gasteiger charge is -2.21. The molecule has 0 heterocycles. The molecule has 0 fully saturated rings. The molecule has 1 aromatic rings. The van der Waals surface area contributed by atoms with Crippen LogP contribution in [0.4, 0.5) is 10.1 Å². The SMILES string of the molecule is CCCN(CCC)S(=O)(=O)c1cc(N)ccc1F. The Kier molecular flexibility index (Phi) is 5.10. The maximum atomic E-state index is 13.6. The summed E-state index contributed by atoms with van der Waals surface area (Å²) in [5, 5.41) is 0. The van der Waals surface area contributed by atoms with Crippen molar-refractivity contribution in [1.82, 2.24) is 4.31 Å². The van der Waals surface area contributed by atoms with Crippen LogP contribution in [-0.4, -0.2) is 25.8 Å². The smallest absolute Gasteiger partial charge is 0.246 e. The third-order valence-corrected chi connectivity index (χ3v) is 4.43. The van der Waals surface area contributed by atoms with Gasteiger partial charge >= 0.3 is 0 Å². The molecule has 0 aromatic heterocycles. The summed E-state index contributed by atoms with van der Waals surface area (Å²) < 4.78 is 39.6. The van der Waals surface area contributed by atoms with Gasteiger partial charge in [0, 0.05) is 18.8 Å². The van der Waals surface area contributed by atoms with Gasteiger partial charge in [0.2, 0.25) is 10.0 Å². The Morgan fingerprint density at radius 2 is 1.78 bits per heavy atom. The summed E-state index contributed by atoms with van der Waals surface area (Å²) in [5.74, 6) is -0.763. The lowest BCUT2D eigenvalue weighted by Crippen LogP contribution is -2.33. The van der Waals surface area contributed by atoms with Crippen molar-refractivity contribution in [2.45, 2.75) is 31.6 Å². The van der Waals surface area contributed by atoms with Gasteiger partial charge in [0.15, 0.2) is 0 Å². The Bertz CT molecular complexity index is 497. The third-order valence-electron chi connectivity index (χ3n) is 2.52. The molecule has 0 unspecified atom stereocenters. The molecule has 0 atom stereocenters. The Balaban J connectivity index is 3.21. The monoisotopic (exact) mass is 274 g/mol. The molecule has 102 valence electrons. The van der Waals surface area contributed by atoms with E-state index in [9.17, 15) is 12.8 Å². The standard InChI is InChI=1S/C12H19FN2O2S/c1-3-7-15(8-4-2)18(16,17)12-9-10(14)5-6-11(12)13/h5-6,9H,3-4,7-8,14H2,1-2H3. The maximum Gasteiger partial charge on any atom is 0.246 e.